The maximum Gasteiger partial charge on any atom is 0.341 e. The number of aryl methyl sites for hydroxylation is 2. The molecule has 0 unspecified atom stereocenters. The molecule has 0 aliphatic heterocycles. The van der Waals surface area contributed by atoms with Crippen molar-refractivity contribution >= 4 is 50.5 Å². The Balaban J connectivity index is 1.57. The predicted octanol–water partition coefficient (Wildman–Crippen LogP) is 7.03. The Morgan fingerprint density at radius 2 is 1.85 bits per heavy atom. The summed E-state index contributed by atoms with van der Waals surface area (Å²) in [5.74, 6) is -0.607. The fourth-order valence-electron chi connectivity index (χ4n) is 4.38. The maximum atomic E-state index is 13.6. The number of esters is 1. The minimum Gasteiger partial charge on any atom is -0.459 e. The summed E-state index contributed by atoms with van der Waals surface area (Å²) in [6, 6.07) is 13.6. The molecular weight excluding hydrogens is 464 g/mol. The van der Waals surface area contributed by atoms with E-state index in [0.717, 1.165) is 52.7 Å². The molecule has 5 nitrogen and oxygen atoms in total. The molecule has 0 bridgehead atoms. The lowest BCUT2D eigenvalue weighted by atomic mass is 9.95. The third kappa shape index (κ3) is 4.38. The number of nitrogens with one attached hydrogen (secondary N) is 1. The van der Waals surface area contributed by atoms with Gasteiger partial charge in [0.2, 0.25) is 0 Å². The lowest BCUT2D eigenvalue weighted by Gasteiger charge is -2.14. The number of para-hydroxylation sites is 1. The number of ether oxygens (including phenoxy) is 1. The number of amides is 1. The summed E-state index contributed by atoms with van der Waals surface area (Å²) < 4.78 is 5.55. The largest absolute Gasteiger partial charge is 0.459 e. The van der Waals surface area contributed by atoms with Crippen LogP contribution in [0.25, 0.3) is 21.5 Å². The van der Waals surface area contributed by atoms with Gasteiger partial charge < -0.3 is 10.1 Å². The number of hydrogen-bond donors (Lipinski definition) is 1. The third-order valence-corrected chi connectivity index (χ3v) is 8.13. The number of anilines is 1. The molecule has 1 aromatic carbocycles. The van der Waals surface area contributed by atoms with Crippen LogP contribution in [0.2, 0.25) is 0 Å². The van der Waals surface area contributed by atoms with Gasteiger partial charge in [-0.2, -0.15) is 0 Å². The first-order valence-corrected chi connectivity index (χ1v) is 13.2. The van der Waals surface area contributed by atoms with E-state index in [4.69, 9.17) is 9.72 Å². The zero-order chi connectivity index (χ0) is 23.8. The third-order valence-electron chi connectivity index (χ3n) is 5.90. The van der Waals surface area contributed by atoms with Crippen LogP contribution in [0.4, 0.5) is 5.00 Å². The minimum atomic E-state index is -0.362. The van der Waals surface area contributed by atoms with Crippen LogP contribution in [-0.4, -0.2) is 23.0 Å². The molecule has 0 spiro atoms. The number of rotatable bonds is 5. The highest BCUT2D eigenvalue weighted by Gasteiger charge is 2.28. The van der Waals surface area contributed by atoms with Crippen LogP contribution in [0.15, 0.2) is 42.5 Å². The van der Waals surface area contributed by atoms with Crippen molar-refractivity contribution in [3.8, 4) is 10.6 Å². The Morgan fingerprint density at radius 1 is 1.06 bits per heavy atom. The summed E-state index contributed by atoms with van der Waals surface area (Å²) in [6.07, 6.45) is 3.68. The number of fused-ring (bicyclic) bond motifs is 2. The zero-order valence-corrected chi connectivity index (χ0v) is 21.1. The Labute approximate surface area is 206 Å². The molecule has 4 aromatic rings. The van der Waals surface area contributed by atoms with E-state index in [1.165, 1.54) is 21.1 Å². The van der Waals surface area contributed by atoms with Gasteiger partial charge in [0.25, 0.3) is 5.91 Å². The molecule has 0 radical (unpaired) electrons. The van der Waals surface area contributed by atoms with Gasteiger partial charge in [0, 0.05) is 15.1 Å². The average molecular weight is 491 g/mol. The van der Waals surface area contributed by atoms with Crippen LogP contribution >= 0.6 is 22.7 Å². The van der Waals surface area contributed by atoms with Crippen molar-refractivity contribution in [3.63, 3.8) is 0 Å². The van der Waals surface area contributed by atoms with Gasteiger partial charge in [-0.1, -0.05) is 18.2 Å². The second-order valence-corrected chi connectivity index (χ2v) is 11.2. The second-order valence-electron chi connectivity index (χ2n) is 8.81. The number of hydrogen-bond acceptors (Lipinski definition) is 6. The van der Waals surface area contributed by atoms with E-state index in [2.05, 4.69) is 18.3 Å². The van der Waals surface area contributed by atoms with E-state index in [-0.39, 0.29) is 18.0 Å². The van der Waals surface area contributed by atoms with Gasteiger partial charge in [0.05, 0.1) is 33.3 Å². The van der Waals surface area contributed by atoms with Crippen LogP contribution in [0.3, 0.4) is 0 Å². The molecule has 1 amide bonds. The summed E-state index contributed by atoms with van der Waals surface area (Å²) in [5, 5.41) is 4.43. The second kappa shape index (κ2) is 9.31. The van der Waals surface area contributed by atoms with Gasteiger partial charge in [-0.15, -0.1) is 22.7 Å². The van der Waals surface area contributed by atoms with Gasteiger partial charge in [-0.05, 0) is 76.3 Å². The van der Waals surface area contributed by atoms with Crippen molar-refractivity contribution in [2.24, 2.45) is 0 Å². The van der Waals surface area contributed by atoms with E-state index in [0.29, 0.717) is 16.1 Å². The van der Waals surface area contributed by atoms with Crippen molar-refractivity contribution in [2.75, 3.05) is 5.32 Å². The first kappa shape index (κ1) is 22.7. The Kier molecular flexibility index (Phi) is 6.23. The van der Waals surface area contributed by atoms with Crippen LogP contribution in [0.1, 0.15) is 62.7 Å². The minimum absolute atomic E-state index is 0.226. The van der Waals surface area contributed by atoms with Gasteiger partial charge in [0.1, 0.15) is 5.00 Å². The molecule has 5 rings (SSSR count). The number of nitrogens with zero attached hydrogens (tertiary/aromatic N) is 1. The number of carbonyl (C=O) groups excluding carboxylic acids is 2. The van der Waals surface area contributed by atoms with Gasteiger partial charge in [-0.3, -0.25) is 4.79 Å². The van der Waals surface area contributed by atoms with Crippen molar-refractivity contribution in [3.05, 3.63) is 68.9 Å². The van der Waals surface area contributed by atoms with Crippen molar-refractivity contribution in [1.82, 2.24) is 4.98 Å². The highest BCUT2D eigenvalue weighted by atomic mass is 32.1. The highest BCUT2D eigenvalue weighted by Crippen LogP contribution is 2.39. The molecule has 0 fully saturated rings. The van der Waals surface area contributed by atoms with Gasteiger partial charge in [-0.25, -0.2) is 9.78 Å². The van der Waals surface area contributed by atoms with Crippen LogP contribution in [0, 0.1) is 6.92 Å². The van der Waals surface area contributed by atoms with Crippen molar-refractivity contribution in [1.29, 1.82) is 0 Å². The number of benzene rings is 1. The summed E-state index contributed by atoms with van der Waals surface area (Å²) in [4.78, 5) is 34.8. The molecule has 3 heterocycles. The number of thiophene rings is 2. The molecule has 1 N–H and O–H groups in total. The standard InChI is InChI=1S/C27H26N2O3S2/c1-15(2)32-27(31)24-18-9-5-7-11-22(18)34-26(24)29-25(30)19-14-21(23-13-12-16(3)33-23)28-20-10-6-4-8-17(19)20/h4,6,8,10,12-15H,5,7,9,11H2,1-3H3,(H,29,30). The molecule has 0 saturated heterocycles. The normalized spacial score (nSPS) is 13.2. The number of carbonyl (C=O) groups is 2. The Bertz CT molecular complexity index is 1400. The summed E-state index contributed by atoms with van der Waals surface area (Å²) in [6.45, 7) is 5.73. The lowest BCUT2D eigenvalue weighted by molar-refractivity contribution is 0.0378. The smallest absolute Gasteiger partial charge is 0.341 e. The van der Waals surface area contributed by atoms with E-state index in [1.807, 2.05) is 50.2 Å². The summed E-state index contributed by atoms with van der Waals surface area (Å²) in [5.41, 5.74) is 3.63. The first-order valence-electron chi connectivity index (χ1n) is 11.5. The summed E-state index contributed by atoms with van der Waals surface area (Å²) >= 11 is 3.15. The van der Waals surface area contributed by atoms with Gasteiger partial charge >= 0.3 is 5.97 Å². The van der Waals surface area contributed by atoms with Crippen LogP contribution in [0.5, 0.6) is 0 Å². The number of aromatic nitrogens is 1. The first-order chi connectivity index (χ1) is 16.4. The molecule has 1 aliphatic rings. The fourth-order valence-corrected chi connectivity index (χ4v) is 6.48. The maximum absolute atomic E-state index is 13.6. The van der Waals surface area contributed by atoms with Crippen LogP contribution < -0.4 is 5.32 Å². The molecule has 0 saturated carbocycles. The molecular formula is C27H26N2O3S2. The fraction of sp³-hybridized carbons (Fsp3) is 0.296. The van der Waals surface area contributed by atoms with E-state index < -0.39 is 0 Å². The monoisotopic (exact) mass is 490 g/mol. The van der Waals surface area contributed by atoms with E-state index in [9.17, 15) is 9.59 Å². The van der Waals surface area contributed by atoms with Gasteiger partial charge in [0.15, 0.2) is 0 Å². The predicted molar refractivity (Wildman–Crippen MR) is 139 cm³/mol. The van der Waals surface area contributed by atoms with Crippen molar-refractivity contribution in [2.45, 2.75) is 52.6 Å². The van der Waals surface area contributed by atoms with Crippen molar-refractivity contribution < 1.29 is 14.3 Å². The molecule has 34 heavy (non-hydrogen) atoms. The molecule has 174 valence electrons. The molecule has 7 heteroatoms. The molecule has 0 atom stereocenters. The molecule has 3 aromatic heterocycles. The zero-order valence-electron chi connectivity index (χ0n) is 19.4. The summed E-state index contributed by atoms with van der Waals surface area (Å²) in [7, 11) is 0. The topological polar surface area (TPSA) is 68.3 Å². The lowest BCUT2D eigenvalue weighted by Crippen LogP contribution is -2.18. The number of pyridine rings is 1. The van der Waals surface area contributed by atoms with E-state index in [1.54, 1.807) is 11.3 Å². The van der Waals surface area contributed by atoms with E-state index >= 15 is 0 Å². The average Bonchev–Trinajstić information content (AvgIpc) is 3.41. The molecule has 1 aliphatic carbocycles. The Morgan fingerprint density at radius 3 is 2.62 bits per heavy atom. The quantitative estimate of drug-likeness (QED) is 0.305. The van der Waals surface area contributed by atoms with Crippen LogP contribution in [-0.2, 0) is 17.6 Å². The SMILES string of the molecule is Cc1ccc(-c2cc(C(=O)Nc3sc4c(c3C(=O)OC(C)C)CCCC4)c3ccccc3n2)s1. The highest BCUT2D eigenvalue weighted by molar-refractivity contribution is 7.17. The Hall–Kier alpha value is -3.03.